The first kappa shape index (κ1) is 24.1. The lowest BCUT2D eigenvalue weighted by Gasteiger charge is -2.22. The van der Waals surface area contributed by atoms with E-state index in [0.717, 1.165) is 49.9 Å². The number of likely N-dealkylation sites (N-methyl/N-ethyl adjacent to an activating group) is 1. The first-order valence-electron chi connectivity index (χ1n) is 9.42. The summed E-state index contributed by atoms with van der Waals surface area (Å²) >= 11 is 0. The van der Waals surface area contributed by atoms with Gasteiger partial charge in [0.25, 0.3) is 0 Å². The summed E-state index contributed by atoms with van der Waals surface area (Å²) in [6, 6.07) is 16.5. The lowest BCUT2D eigenvalue weighted by atomic mass is 10.1. The Hall–Kier alpha value is -1.96. The van der Waals surface area contributed by atoms with Crippen molar-refractivity contribution in [1.29, 1.82) is 0 Å². The summed E-state index contributed by atoms with van der Waals surface area (Å²) in [4.78, 5) is 6.94. The molecule has 0 spiro atoms. The van der Waals surface area contributed by atoms with Gasteiger partial charge >= 0.3 is 0 Å². The molecular weight excluding hydrogens is 465 g/mol. The van der Waals surface area contributed by atoms with E-state index in [1.807, 2.05) is 18.2 Å². The van der Waals surface area contributed by atoms with Crippen molar-refractivity contribution in [3.05, 3.63) is 59.7 Å². The number of guanidine groups is 1. The average molecular weight is 497 g/mol. The van der Waals surface area contributed by atoms with Crippen LogP contribution in [0.2, 0.25) is 0 Å². The Kier molecular flexibility index (Phi) is 11.4. The van der Waals surface area contributed by atoms with Crippen molar-refractivity contribution in [3.8, 4) is 11.5 Å². The molecule has 0 aliphatic rings. The molecule has 28 heavy (non-hydrogen) atoms. The molecule has 0 amide bonds. The summed E-state index contributed by atoms with van der Waals surface area (Å²) in [7, 11) is 5.39. The van der Waals surface area contributed by atoms with E-state index in [1.165, 1.54) is 11.1 Å². The summed E-state index contributed by atoms with van der Waals surface area (Å²) < 4.78 is 10.7. The molecule has 0 heterocycles. The molecule has 0 aliphatic heterocycles. The number of halogens is 1. The van der Waals surface area contributed by atoms with Gasteiger partial charge < -0.3 is 19.7 Å². The molecule has 0 saturated heterocycles. The predicted molar refractivity (Wildman–Crippen MR) is 127 cm³/mol. The quantitative estimate of drug-likeness (QED) is 0.323. The van der Waals surface area contributed by atoms with E-state index in [2.05, 4.69) is 54.5 Å². The number of ether oxygens (including phenoxy) is 2. The minimum absolute atomic E-state index is 0. The van der Waals surface area contributed by atoms with Gasteiger partial charge in [0.1, 0.15) is 0 Å². The fourth-order valence-electron chi connectivity index (χ4n) is 2.84. The van der Waals surface area contributed by atoms with Crippen LogP contribution in [0.15, 0.2) is 53.5 Å². The third-order valence-corrected chi connectivity index (χ3v) is 4.39. The summed E-state index contributed by atoms with van der Waals surface area (Å²) in [6.07, 6.45) is 1.85. The summed E-state index contributed by atoms with van der Waals surface area (Å²) in [5.74, 6) is 2.46. The van der Waals surface area contributed by atoms with Crippen LogP contribution in [0.4, 0.5) is 0 Å². The number of hydrogen-bond donors (Lipinski definition) is 1. The fraction of sp³-hybridized carbons (Fsp3) is 0.409. The number of benzene rings is 2. The Balaban J connectivity index is 0.00000392. The van der Waals surface area contributed by atoms with Crippen molar-refractivity contribution in [1.82, 2.24) is 10.2 Å². The van der Waals surface area contributed by atoms with E-state index < -0.39 is 0 Å². The number of hydrogen-bond acceptors (Lipinski definition) is 3. The van der Waals surface area contributed by atoms with Gasteiger partial charge in [-0.2, -0.15) is 0 Å². The highest BCUT2D eigenvalue weighted by Crippen LogP contribution is 2.27. The summed E-state index contributed by atoms with van der Waals surface area (Å²) in [5, 5.41) is 3.38. The molecule has 2 aromatic carbocycles. The molecule has 0 bridgehead atoms. The normalized spacial score (nSPS) is 10.8. The van der Waals surface area contributed by atoms with Crippen LogP contribution in [0.1, 0.15) is 18.1 Å². The maximum absolute atomic E-state index is 5.39. The molecule has 6 heteroatoms. The highest BCUT2D eigenvalue weighted by Gasteiger charge is 2.08. The van der Waals surface area contributed by atoms with E-state index >= 15 is 0 Å². The van der Waals surface area contributed by atoms with Crippen molar-refractivity contribution in [2.24, 2.45) is 4.99 Å². The first-order chi connectivity index (χ1) is 13.2. The monoisotopic (exact) mass is 497 g/mol. The molecule has 1 N–H and O–H groups in total. The molecule has 2 rings (SSSR count). The second-order valence-electron chi connectivity index (χ2n) is 6.33. The van der Waals surface area contributed by atoms with E-state index in [1.54, 1.807) is 14.2 Å². The van der Waals surface area contributed by atoms with E-state index in [9.17, 15) is 0 Å². The summed E-state index contributed by atoms with van der Waals surface area (Å²) in [5.41, 5.74) is 2.52. The second kappa shape index (κ2) is 13.3. The third kappa shape index (κ3) is 7.58. The maximum atomic E-state index is 5.39. The molecule has 0 fully saturated rings. The molecule has 0 atom stereocenters. The minimum Gasteiger partial charge on any atom is -0.493 e. The molecule has 0 aliphatic carbocycles. The minimum atomic E-state index is 0. The smallest absolute Gasteiger partial charge is 0.193 e. The third-order valence-electron chi connectivity index (χ3n) is 4.39. The van der Waals surface area contributed by atoms with Gasteiger partial charge in [-0.15, -0.1) is 24.0 Å². The molecule has 5 nitrogen and oxygen atoms in total. The Bertz CT molecular complexity index is 723. The molecular formula is C22H32IN3O2. The number of rotatable bonds is 9. The Morgan fingerprint density at radius 2 is 1.68 bits per heavy atom. The number of nitrogens with one attached hydrogen (secondary N) is 1. The van der Waals surface area contributed by atoms with Gasteiger partial charge in [0.15, 0.2) is 17.5 Å². The lowest BCUT2D eigenvalue weighted by molar-refractivity contribution is 0.354. The van der Waals surface area contributed by atoms with Crippen LogP contribution in [0.25, 0.3) is 0 Å². The zero-order valence-corrected chi connectivity index (χ0v) is 19.6. The first-order valence-corrected chi connectivity index (χ1v) is 9.42. The molecule has 0 radical (unpaired) electrons. The zero-order valence-electron chi connectivity index (χ0n) is 17.3. The van der Waals surface area contributed by atoms with Crippen LogP contribution in [0, 0.1) is 0 Å². The largest absolute Gasteiger partial charge is 0.493 e. The topological polar surface area (TPSA) is 46.1 Å². The van der Waals surface area contributed by atoms with Crippen molar-refractivity contribution >= 4 is 29.9 Å². The predicted octanol–water partition coefficient (Wildman–Crippen LogP) is 4.00. The number of methoxy groups -OCH3 is 2. The molecule has 0 aromatic heterocycles. The highest BCUT2D eigenvalue weighted by atomic mass is 127. The van der Waals surface area contributed by atoms with Gasteiger partial charge in [-0.05, 0) is 43.0 Å². The Labute approximate surface area is 186 Å². The maximum Gasteiger partial charge on any atom is 0.193 e. The van der Waals surface area contributed by atoms with Gasteiger partial charge in [-0.25, -0.2) is 0 Å². The SMILES string of the molecule is CCNC(=NCCc1ccccc1)N(C)CCc1ccc(OC)c(OC)c1.I. The van der Waals surface area contributed by atoms with Crippen LogP contribution in [0.5, 0.6) is 11.5 Å². The lowest BCUT2D eigenvalue weighted by Crippen LogP contribution is -2.40. The van der Waals surface area contributed by atoms with Gasteiger partial charge in [0, 0.05) is 26.7 Å². The van der Waals surface area contributed by atoms with E-state index in [0.29, 0.717) is 0 Å². The van der Waals surface area contributed by atoms with Crippen LogP contribution in [-0.2, 0) is 12.8 Å². The Morgan fingerprint density at radius 3 is 2.32 bits per heavy atom. The highest BCUT2D eigenvalue weighted by molar-refractivity contribution is 14.0. The standard InChI is InChI=1S/C22H31N3O2.HI/c1-5-23-22(24-15-13-18-9-7-6-8-10-18)25(2)16-14-19-11-12-20(26-3)21(17-19)27-4;/h6-12,17H,5,13-16H2,1-4H3,(H,23,24);1H. The average Bonchev–Trinajstić information content (AvgIpc) is 2.71. The number of nitrogens with zero attached hydrogens (tertiary/aromatic N) is 2. The van der Waals surface area contributed by atoms with E-state index in [4.69, 9.17) is 14.5 Å². The number of aliphatic imine (C=N–C) groups is 1. The molecule has 154 valence electrons. The zero-order chi connectivity index (χ0) is 19.5. The van der Waals surface area contributed by atoms with Crippen molar-refractivity contribution in [2.75, 3.05) is 40.9 Å². The van der Waals surface area contributed by atoms with Crippen LogP contribution in [0.3, 0.4) is 0 Å². The Morgan fingerprint density at radius 1 is 0.964 bits per heavy atom. The van der Waals surface area contributed by atoms with Crippen LogP contribution >= 0.6 is 24.0 Å². The van der Waals surface area contributed by atoms with Gasteiger partial charge in [-0.1, -0.05) is 36.4 Å². The fourth-order valence-corrected chi connectivity index (χ4v) is 2.84. The summed E-state index contributed by atoms with van der Waals surface area (Å²) in [6.45, 7) is 4.58. The molecule has 0 saturated carbocycles. The van der Waals surface area contributed by atoms with Crippen molar-refractivity contribution in [3.63, 3.8) is 0 Å². The molecule has 0 unspecified atom stereocenters. The van der Waals surface area contributed by atoms with Crippen molar-refractivity contribution in [2.45, 2.75) is 19.8 Å². The van der Waals surface area contributed by atoms with E-state index in [-0.39, 0.29) is 24.0 Å². The van der Waals surface area contributed by atoms with Gasteiger partial charge in [0.2, 0.25) is 0 Å². The molecule has 2 aromatic rings. The van der Waals surface area contributed by atoms with Crippen LogP contribution in [-0.4, -0.2) is 51.8 Å². The van der Waals surface area contributed by atoms with Gasteiger partial charge in [0.05, 0.1) is 14.2 Å². The van der Waals surface area contributed by atoms with Gasteiger partial charge in [-0.3, -0.25) is 4.99 Å². The van der Waals surface area contributed by atoms with Crippen LogP contribution < -0.4 is 14.8 Å². The second-order valence-corrected chi connectivity index (χ2v) is 6.33. The van der Waals surface area contributed by atoms with Crippen molar-refractivity contribution < 1.29 is 9.47 Å².